The second-order valence-corrected chi connectivity index (χ2v) is 4.87. The fourth-order valence-electron chi connectivity index (χ4n) is 1.82. The molecule has 0 aliphatic carbocycles. The molecule has 1 unspecified atom stereocenters. The fraction of sp³-hybridized carbons (Fsp3) is 0.154. The Morgan fingerprint density at radius 2 is 2.06 bits per heavy atom. The summed E-state index contributed by atoms with van der Waals surface area (Å²) in [6.07, 6.45) is 1.73. The van der Waals surface area contributed by atoms with Gasteiger partial charge in [0, 0.05) is 9.77 Å². The van der Waals surface area contributed by atoms with Gasteiger partial charge in [-0.1, -0.05) is 18.2 Å². The maximum absolute atomic E-state index is 5.68. The van der Waals surface area contributed by atoms with Crippen LogP contribution in [0.2, 0.25) is 0 Å². The lowest BCUT2D eigenvalue weighted by atomic mass is 10.0. The Morgan fingerprint density at radius 1 is 1.28 bits per heavy atom. The molecule has 0 radical (unpaired) electrons. The predicted octanol–water partition coefficient (Wildman–Crippen LogP) is 2.25. The van der Waals surface area contributed by atoms with E-state index in [0.717, 1.165) is 20.6 Å². The molecule has 0 aliphatic heterocycles. The fourth-order valence-corrected chi connectivity index (χ4v) is 2.52. The third kappa shape index (κ3) is 2.63. The first-order valence-corrected chi connectivity index (χ1v) is 6.55. The Kier molecular flexibility index (Phi) is 4.51. The molecule has 2 aromatic rings. The number of halogens is 1. The van der Waals surface area contributed by atoms with Crippen molar-refractivity contribution < 1.29 is 4.74 Å². The normalized spacial score (nSPS) is 12.2. The molecule has 1 aromatic heterocycles. The van der Waals surface area contributed by atoms with E-state index in [9.17, 15) is 0 Å². The summed E-state index contributed by atoms with van der Waals surface area (Å²) in [6.45, 7) is 0. The number of aromatic nitrogens is 1. The lowest BCUT2D eigenvalue weighted by molar-refractivity contribution is 0.400. The highest BCUT2D eigenvalue weighted by Crippen LogP contribution is 2.29. The molecule has 4 nitrogen and oxygen atoms in total. The quantitative estimate of drug-likeness (QED) is 0.502. The summed E-state index contributed by atoms with van der Waals surface area (Å²) in [4.78, 5) is 4.37. The number of rotatable bonds is 4. The average Bonchev–Trinajstić information content (AvgIpc) is 2.42. The second-order valence-electron chi connectivity index (χ2n) is 3.71. The number of nitrogens with two attached hydrogens (primary N) is 1. The van der Waals surface area contributed by atoms with Crippen molar-refractivity contribution in [1.82, 2.24) is 10.4 Å². The molecule has 3 N–H and O–H groups in total. The average molecular weight is 355 g/mol. The van der Waals surface area contributed by atoms with E-state index in [2.05, 4.69) is 33.0 Å². The SMILES string of the molecule is COc1cccnc1C(NN)c1ccccc1I. The summed E-state index contributed by atoms with van der Waals surface area (Å²) in [5.74, 6) is 6.40. The highest BCUT2D eigenvalue weighted by atomic mass is 127. The molecule has 0 fully saturated rings. The number of benzene rings is 1. The van der Waals surface area contributed by atoms with E-state index in [1.54, 1.807) is 13.3 Å². The second kappa shape index (κ2) is 6.12. The van der Waals surface area contributed by atoms with E-state index < -0.39 is 0 Å². The number of pyridine rings is 1. The van der Waals surface area contributed by atoms with Crippen LogP contribution in [0.5, 0.6) is 5.75 Å². The van der Waals surface area contributed by atoms with Gasteiger partial charge < -0.3 is 4.74 Å². The van der Waals surface area contributed by atoms with Crippen molar-refractivity contribution in [2.24, 2.45) is 5.84 Å². The number of methoxy groups -OCH3 is 1. The molecule has 0 amide bonds. The van der Waals surface area contributed by atoms with Crippen LogP contribution in [0.4, 0.5) is 0 Å². The van der Waals surface area contributed by atoms with Gasteiger partial charge in [-0.15, -0.1) is 0 Å². The monoisotopic (exact) mass is 355 g/mol. The van der Waals surface area contributed by atoms with Crippen LogP contribution in [0.3, 0.4) is 0 Å². The minimum absolute atomic E-state index is 0.186. The Balaban J connectivity index is 2.49. The van der Waals surface area contributed by atoms with Crippen LogP contribution in [-0.4, -0.2) is 12.1 Å². The maximum atomic E-state index is 5.68. The van der Waals surface area contributed by atoms with Crippen LogP contribution in [0.25, 0.3) is 0 Å². The van der Waals surface area contributed by atoms with Gasteiger partial charge >= 0.3 is 0 Å². The summed E-state index contributed by atoms with van der Waals surface area (Å²) in [5.41, 5.74) is 4.67. The maximum Gasteiger partial charge on any atom is 0.142 e. The zero-order valence-corrected chi connectivity index (χ0v) is 12.1. The van der Waals surface area contributed by atoms with Crippen LogP contribution < -0.4 is 16.0 Å². The van der Waals surface area contributed by atoms with Crippen molar-refractivity contribution in [3.8, 4) is 5.75 Å². The van der Waals surface area contributed by atoms with Crippen molar-refractivity contribution in [1.29, 1.82) is 0 Å². The van der Waals surface area contributed by atoms with Crippen molar-refractivity contribution in [2.75, 3.05) is 7.11 Å². The lowest BCUT2D eigenvalue weighted by Gasteiger charge is -2.19. The molecule has 1 atom stereocenters. The van der Waals surface area contributed by atoms with Gasteiger partial charge in [-0.05, 0) is 46.4 Å². The lowest BCUT2D eigenvalue weighted by Crippen LogP contribution is -2.30. The van der Waals surface area contributed by atoms with Crippen LogP contribution >= 0.6 is 22.6 Å². The molecule has 18 heavy (non-hydrogen) atoms. The van der Waals surface area contributed by atoms with E-state index in [4.69, 9.17) is 10.6 Å². The Hall–Kier alpha value is -1.18. The van der Waals surface area contributed by atoms with Gasteiger partial charge in [0.2, 0.25) is 0 Å². The first-order chi connectivity index (χ1) is 8.77. The largest absolute Gasteiger partial charge is 0.495 e. The number of hydrazine groups is 1. The van der Waals surface area contributed by atoms with E-state index in [0.29, 0.717) is 0 Å². The number of ether oxygens (including phenoxy) is 1. The summed E-state index contributed by atoms with van der Waals surface area (Å²) in [5, 5.41) is 0. The molecule has 0 spiro atoms. The Morgan fingerprint density at radius 3 is 2.72 bits per heavy atom. The molecule has 0 aliphatic rings. The highest BCUT2D eigenvalue weighted by molar-refractivity contribution is 14.1. The van der Waals surface area contributed by atoms with Gasteiger partial charge in [-0.2, -0.15) is 0 Å². The number of nitrogens with one attached hydrogen (secondary N) is 1. The smallest absolute Gasteiger partial charge is 0.142 e. The van der Waals surface area contributed by atoms with Crippen molar-refractivity contribution in [3.05, 3.63) is 57.4 Å². The van der Waals surface area contributed by atoms with Crippen molar-refractivity contribution >= 4 is 22.6 Å². The summed E-state index contributed by atoms with van der Waals surface area (Å²) < 4.78 is 6.46. The number of nitrogens with zero attached hydrogens (tertiary/aromatic N) is 1. The minimum atomic E-state index is -0.186. The molecule has 0 saturated carbocycles. The number of hydrogen-bond donors (Lipinski definition) is 2. The van der Waals surface area contributed by atoms with Gasteiger partial charge in [0.1, 0.15) is 11.4 Å². The van der Waals surface area contributed by atoms with Crippen LogP contribution in [-0.2, 0) is 0 Å². The predicted molar refractivity (Wildman–Crippen MR) is 79.1 cm³/mol. The molecule has 1 heterocycles. The van der Waals surface area contributed by atoms with E-state index >= 15 is 0 Å². The Labute approximate surface area is 120 Å². The first kappa shape index (κ1) is 13.3. The van der Waals surface area contributed by atoms with Gasteiger partial charge in [-0.3, -0.25) is 10.8 Å². The Bertz CT molecular complexity index is 533. The van der Waals surface area contributed by atoms with Gasteiger partial charge in [0.05, 0.1) is 13.2 Å². The molecule has 2 rings (SSSR count). The summed E-state index contributed by atoms with van der Waals surface area (Å²) >= 11 is 2.29. The molecule has 5 heteroatoms. The molecular formula is C13H14IN3O. The summed E-state index contributed by atoms with van der Waals surface area (Å²) in [6, 6.07) is 11.6. The molecular weight excluding hydrogens is 341 g/mol. The van der Waals surface area contributed by atoms with E-state index in [1.165, 1.54) is 0 Å². The minimum Gasteiger partial charge on any atom is -0.495 e. The standard InChI is InChI=1S/C13H14IN3O/c1-18-11-7-4-8-16-13(11)12(17-15)9-5-2-3-6-10(9)14/h2-8,12,17H,15H2,1H3. The highest BCUT2D eigenvalue weighted by Gasteiger charge is 2.19. The first-order valence-electron chi connectivity index (χ1n) is 5.47. The third-order valence-corrected chi connectivity index (χ3v) is 3.66. The molecule has 94 valence electrons. The molecule has 1 aromatic carbocycles. The zero-order chi connectivity index (χ0) is 13.0. The third-order valence-electron chi connectivity index (χ3n) is 2.68. The molecule has 0 bridgehead atoms. The van der Waals surface area contributed by atoms with Gasteiger partial charge in [0.15, 0.2) is 0 Å². The van der Waals surface area contributed by atoms with Crippen LogP contribution in [0, 0.1) is 3.57 Å². The van der Waals surface area contributed by atoms with E-state index in [1.807, 2.05) is 36.4 Å². The number of hydrogen-bond acceptors (Lipinski definition) is 4. The van der Waals surface area contributed by atoms with Crippen molar-refractivity contribution in [2.45, 2.75) is 6.04 Å². The van der Waals surface area contributed by atoms with Gasteiger partial charge in [0.25, 0.3) is 0 Å². The molecule has 0 saturated heterocycles. The summed E-state index contributed by atoms with van der Waals surface area (Å²) in [7, 11) is 1.63. The van der Waals surface area contributed by atoms with E-state index in [-0.39, 0.29) is 6.04 Å². The van der Waals surface area contributed by atoms with Crippen LogP contribution in [0.15, 0.2) is 42.6 Å². The van der Waals surface area contributed by atoms with Crippen LogP contribution in [0.1, 0.15) is 17.3 Å². The topological polar surface area (TPSA) is 60.2 Å². The zero-order valence-electron chi connectivity index (χ0n) is 9.93. The van der Waals surface area contributed by atoms with Crippen molar-refractivity contribution in [3.63, 3.8) is 0 Å². The van der Waals surface area contributed by atoms with Gasteiger partial charge in [-0.25, -0.2) is 5.43 Å².